The van der Waals surface area contributed by atoms with Crippen molar-refractivity contribution in [1.29, 1.82) is 0 Å². The first-order chi connectivity index (χ1) is 19.6. The number of anilines is 2. The van der Waals surface area contributed by atoms with Crippen LogP contribution in [0.4, 0.5) is 11.4 Å². The van der Waals surface area contributed by atoms with Crippen LogP contribution in [0, 0.1) is 0 Å². The Morgan fingerprint density at radius 3 is 2.48 bits per heavy atom. The van der Waals surface area contributed by atoms with Gasteiger partial charge >= 0.3 is 0 Å². The van der Waals surface area contributed by atoms with Gasteiger partial charge in [-0.05, 0) is 73.2 Å². The number of hydrogen-bond donors (Lipinski definition) is 2. The summed E-state index contributed by atoms with van der Waals surface area (Å²) in [7, 11) is 0. The summed E-state index contributed by atoms with van der Waals surface area (Å²) in [6, 6.07) is 24.5. The third-order valence-corrected chi connectivity index (χ3v) is 8.24. The minimum Gasteiger partial charge on any atom is -0.374 e. The molecule has 0 bridgehead atoms. The van der Waals surface area contributed by atoms with Crippen molar-refractivity contribution in [2.45, 2.75) is 31.7 Å². The lowest BCUT2D eigenvalue weighted by Gasteiger charge is -2.38. The van der Waals surface area contributed by atoms with Crippen LogP contribution in [0.2, 0.25) is 10.0 Å². The summed E-state index contributed by atoms with van der Waals surface area (Å²) < 4.78 is 0. The first kappa shape index (κ1) is 28.3. The van der Waals surface area contributed by atoms with E-state index in [-0.39, 0.29) is 6.04 Å². The van der Waals surface area contributed by atoms with Gasteiger partial charge in [0.15, 0.2) is 0 Å². The molecule has 2 heterocycles. The minimum absolute atomic E-state index is 0.277. The van der Waals surface area contributed by atoms with E-state index in [1.165, 1.54) is 24.8 Å². The van der Waals surface area contributed by atoms with E-state index in [9.17, 15) is 4.79 Å². The molecule has 0 aliphatic carbocycles. The Morgan fingerprint density at radius 1 is 0.975 bits per heavy atom. The molecule has 1 amide bonds. The smallest absolute Gasteiger partial charge is 0.214 e. The maximum atomic E-state index is 11.9. The molecule has 6 nitrogen and oxygen atoms in total. The van der Waals surface area contributed by atoms with Gasteiger partial charge in [0.25, 0.3) is 0 Å². The maximum absolute atomic E-state index is 11.9. The number of amides is 1. The average molecular weight is 579 g/mol. The summed E-state index contributed by atoms with van der Waals surface area (Å²) in [5, 5.41) is 8.61. The highest BCUT2D eigenvalue weighted by atomic mass is 35.5. The normalized spacial score (nSPS) is 17.9. The fourth-order valence-electron chi connectivity index (χ4n) is 5.38. The number of nitrogens with one attached hydrogen (secondary N) is 2. The first-order valence-corrected chi connectivity index (χ1v) is 14.9. The van der Waals surface area contributed by atoms with Gasteiger partial charge in [-0.1, -0.05) is 59.6 Å². The Morgan fingerprint density at radius 2 is 1.75 bits per heavy atom. The lowest BCUT2D eigenvalue weighted by atomic mass is 10.0. The van der Waals surface area contributed by atoms with E-state index in [0.717, 1.165) is 61.9 Å². The number of piperazine rings is 1. The molecule has 2 aliphatic heterocycles. The molecule has 3 aromatic carbocycles. The van der Waals surface area contributed by atoms with Crippen molar-refractivity contribution in [3.63, 3.8) is 0 Å². The van der Waals surface area contributed by atoms with E-state index in [2.05, 4.69) is 57.0 Å². The van der Waals surface area contributed by atoms with Crippen LogP contribution in [0.5, 0.6) is 0 Å². The van der Waals surface area contributed by atoms with Crippen LogP contribution in [-0.2, 0) is 11.2 Å². The molecule has 40 heavy (non-hydrogen) atoms. The highest BCUT2D eigenvalue weighted by Gasteiger charge is 2.23. The third-order valence-electron chi connectivity index (χ3n) is 7.65. The standard InChI is InChI=1S/C32H37Cl2N5O/c33-27-10-9-25(30(34)21-27)15-19-39(24-40)29-13-11-28(12-14-29)36-32(23-37-17-5-2-6-18-37)38-20-16-35-31(22-38)26-7-3-1-4-8-26/h1,3-4,7-14,21,23-24,31,35-36H,2,5-6,15-20,22H2/b32-23-. The molecule has 2 saturated heterocycles. The zero-order valence-electron chi connectivity index (χ0n) is 22.7. The number of benzene rings is 3. The fraction of sp³-hybridized carbons (Fsp3) is 0.344. The Bertz CT molecular complexity index is 1280. The van der Waals surface area contributed by atoms with Gasteiger partial charge in [-0.3, -0.25) is 4.79 Å². The van der Waals surface area contributed by atoms with Gasteiger partial charge in [0, 0.05) is 72.9 Å². The second kappa shape index (κ2) is 13.9. The number of nitrogens with zero attached hydrogens (tertiary/aromatic N) is 3. The number of halogens is 2. The molecule has 0 saturated carbocycles. The van der Waals surface area contributed by atoms with Gasteiger partial charge in [0.2, 0.25) is 6.41 Å². The highest BCUT2D eigenvalue weighted by molar-refractivity contribution is 6.35. The summed E-state index contributed by atoms with van der Waals surface area (Å²) in [5.41, 5.74) is 4.11. The second-order valence-electron chi connectivity index (χ2n) is 10.4. The number of hydrogen-bond acceptors (Lipinski definition) is 5. The van der Waals surface area contributed by atoms with Gasteiger partial charge in [0.1, 0.15) is 5.82 Å². The predicted octanol–water partition coefficient (Wildman–Crippen LogP) is 6.54. The molecule has 2 N–H and O–H groups in total. The van der Waals surface area contributed by atoms with Gasteiger partial charge < -0.3 is 25.3 Å². The quantitative estimate of drug-likeness (QED) is 0.268. The SMILES string of the molecule is O=CN(CCc1ccc(Cl)cc1Cl)c1ccc(N/C(=C/N2CCCCC2)N2CCNC(c3ccccc3)C2)cc1. The molecule has 0 aromatic heterocycles. The molecular formula is C32H37Cl2N5O. The number of carbonyl (C=O) groups is 1. The molecule has 1 unspecified atom stereocenters. The van der Waals surface area contributed by atoms with E-state index in [4.69, 9.17) is 23.2 Å². The predicted molar refractivity (Wildman–Crippen MR) is 166 cm³/mol. The van der Waals surface area contributed by atoms with E-state index in [1.807, 2.05) is 36.4 Å². The fourth-order valence-corrected chi connectivity index (χ4v) is 5.89. The lowest BCUT2D eigenvalue weighted by molar-refractivity contribution is -0.107. The molecule has 0 spiro atoms. The van der Waals surface area contributed by atoms with Crippen LogP contribution in [0.1, 0.15) is 36.4 Å². The summed E-state index contributed by atoms with van der Waals surface area (Å²) in [5.74, 6) is 1.11. The Kier molecular flexibility index (Phi) is 9.87. The number of carbonyl (C=O) groups excluding carboxylic acids is 1. The zero-order valence-corrected chi connectivity index (χ0v) is 24.2. The monoisotopic (exact) mass is 577 g/mol. The summed E-state index contributed by atoms with van der Waals surface area (Å²) >= 11 is 12.4. The van der Waals surface area contributed by atoms with Crippen LogP contribution in [-0.4, -0.2) is 55.5 Å². The number of piperidine rings is 1. The largest absolute Gasteiger partial charge is 0.374 e. The van der Waals surface area contributed by atoms with Crippen molar-refractivity contribution in [2.24, 2.45) is 0 Å². The number of likely N-dealkylation sites (tertiary alicyclic amines) is 1. The van der Waals surface area contributed by atoms with Crippen LogP contribution >= 0.6 is 23.2 Å². The van der Waals surface area contributed by atoms with Crippen molar-refractivity contribution >= 4 is 41.0 Å². The molecule has 2 fully saturated rings. The van der Waals surface area contributed by atoms with Crippen LogP contribution < -0.4 is 15.5 Å². The van der Waals surface area contributed by atoms with Crippen molar-refractivity contribution < 1.29 is 4.79 Å². The summed E-state index contributed by atoms with van der Waals surface area (Å²) in [6.07, 6.45) is 7.58. The van der Waals surface area contributed by atoms with Crippen molar-refractivity contribution in [2.75, 3.05) is 49.5 Å². The van der Waals surface area contributed by atoms with Gasteiger partial charge in [-0.25, -0.2) is 0 Å². The summed E-state index contributed by atoms with van der Waals surface area (Å²) in [4.78, 5) is 18.5. The van der Waals surface area contributed by atoms with E-state index >= 15 is 0 Å². The number of rotatable bonds is 10. The molecule has 3 aromatic rings. The molecule has 8 heteroatoms. The van der Waals surface area contributed by atoms with E-state index in [1.54, 1.807) is 11.0 Å². The Balaban J connectivity index is 1.29. The molecule has 1 atom stereocenters. The van der Waals surface area contributed by atoms with Crippen LogP contribution in [0.3, 0.4) is 0 Å². The van der Waals surface area contributed by atoms with E-state index < -0.39 is 0 Å². The topological polar surface area (TPSA) is 50.9 Å². The molecule has 0 radical (unpaired) electrons. The molecular weight excluding hydrogens is 541 g/mol. The molecule has 2 aliphatic rings. The Hall–Kier alpha value is -3.19. The Labute approximate surface area is 247 Å². The first-order valence-electron chi connectivity index (χ1n) is 14.1. The van der Waals surface area contributed by atoms with Gasteiger partial charge in [-0.2, -0.15) is 0 Å². The van der Waals surface area contributed by atoms with Crippen molar-refractivity contribution in [3.05, 3.63) is 106 Å². The van der Waals surface area contributed by atoms with Crippen molar-refractivity contribution in [1.82, 2.24) is 15.1 Å². The minimum atomic E-state index is 0.277. The van der Waals surface area contributed by atoms with E-state index in [0.29, 0.717) is 23.0 Å². The van der Waals surface area contributed by atoms with Gasteiger partial charge in [-0.15, -0.1) is 0 Å². The van der Waals surface area contributed by atoms with Gasteiger partial charge in [0.05, 0.1) is 0 Å². The highest BCUT2D eigenvalue weighted by Crippen LogP contribution is 2.25. The lowest BCUT2D eigenvalue weighted by Crippen LogP contribution is -2.47. The molecule has 210 valence electrons. The maximum Gasteiger partial charge on any atom is 0.214 e. The van der Waals surface area contributed by atoms with Crippen LogP contribution in [0.15, 0.2) is 84.8 Å². The summed E-state index contributed by atoms with van der Waals surface area (Å²) in [6.45, 7) is 5.44. The zero-order chi connectivity index (χ0) is 27.7. The molecule has 5 rings (SSSR count). The third kappa shape index (κ3) is 7.51. The average Bonchev–Trinajstić information content (AvgIpc) is 3.00. The van der Waals surface area contributed by atoms with Crippen LogP contribution in [0.25, 0.3) is 0 Å². The second-order valence-corrected chi connectivity index (χ2v) is 11.3. The van der Waals surface area contributed by atoms with Crippen molar-refractivity contribution in [3.8, 4) is 0 Å².